The molecule has 4 fully saturated rings. The van der Waals surface area contributed by atoms with Crippen molar-refractivity contribution >= 4 is 47.6 Å². The zero-order chi connectivity index (χ0) is 63.2. The number of benzene rings is 4. The van der Waals surface area contributed by atoms with Crippen molar-refractivity contribution in [2.75, 3.05) is 77.7 Å². The molecule has 0 bridgehead atoms. The summed E-state index contributed by atoms with van der Waals surface area (Å²) in [5.41, 5.74) is 16.8. The molecule has 4 aromatic heterocycles. The summed E-state index contributed by atoms with van der Waals surface area (Å²) in [5.74, 6) is 1.57. The number of likely N-dealkylation sites (tertiary alicyclic amines) is 2. The Kier molecular flexibility index (Phi) is 23.3. The van der Waals surface area contributed by atoms with E-state index < -0.39 is 12.7 Å². The fourth-order valence-electron chi connectivity index (χ4n) is 12.5. The van der Waals surface area contributed by atoms with E-state index >= 15 is 0 Å². The van der Waals surface area contributed by atoms with Gasteiger partial charge in [-0.15, -0.1) is 31.4 Å². The Morgan fingerprint density at radius 3 is 1.56 bits per heavy atom. The molecular formula is C68H85ClF6N11O2P. The maximum absolute atomic E-state index is 12.6. The van der Waals surface area contributed by atoms with Gasteiger partial charge in [-0.25, -0.2) is 19.0 Å². The van der Waals surface area contributed by atoms with Crippen LogP contribution in [0.25, 0.3) is 44.9 Å². The van der Waals surface area contributed by atoms with Crippen molar-refractivity contribution in [3.05, 3.63) is 138 Å². The lowest BCUT2D eigenvalue weighted by Gasteiger charge is -2.39. The molecule has 2 saturated heterocycles. The molecule has 0 radical (unpaired) electrons. The maximum atomic E-state index is 12.6. The molecule has 478 valence electrons. The molecule has 0 amide bonds. The number of halogens is 7. The molecule has 2 saturated carbocycles. The highest BCUT2D eigenvalue weighted by Crippen LogP contribution is 2.56. The Morgan fingerprint density at radius 2 is 1.06 bits per heavy atom. The molecule has 12 rings (SSSR count). The predicted molar refractivity (Wildman–Crippen MR) is 349 cm³/mol. The number of nitrogens with one attached hydrogen (secondary N) is 1. The number of aromatic nitrogens is 6. The van der Waals surface area contributed by atoms with Crippen molar-refractivity contribution in [1.82, 2.24) is 39.0 Å². The smallest absolute Gasteiger partial charge is 0.406 e. The van der Waals surface area contributed by atoms with Crippen LogP contribution in [0.2, 0.25) is 5.15 Å². The first-order chi connectivity index (χ1) is 42.7. The number of imidazole rings is 2. The number of para-hydroxylation sites is 1. The number of rotatable bonds is 13. The van der Waals surface area contributed by atoms with Crippen LogP contribution in [0, 0.1) is 25.7 Å². The fraction of sp³-hybridized carbons (Fsp3) is 0.471. The van der Waals surface area contributed by atoms with E-state index in [0.29, 0.717) is 44.9 Å². The van der Waals surface area contributed by atoms with Gasteiger partial charge in [-0.3, -0.25) is 0 Å². The van der Waals surface area contributed by atoms with E-state index in [1.165, 1.54) is 154 Å². The van der Waals surface area contributed by atoms with Crippen molar-refractivity contribution in [2.45, 2.75) is 128 Å². The summed E-state index contributed by atoms with van der Waals surface area (Å²) in [4.78, 5) is 15.5. The van der Waals surface area contributed by atoms with Gasteiger partial charge in [0.2, 0.25) is 0 Å². The van der Waals surface area contributed by atoms with Gasteiger partial charge >= 0.3 is 12.7 Å². The van der Waals surface area contributed by atoms with Gasteiger partial charge in [-0.2, -0.15) is 5.10 Å². The van der Waals surface area contributed by atoms with E-state index in [2.05, 4.69) is 126 Å². The summed E-state index contributed by atoms with van der Waals surface area (Å²) in [6.07, 6.45) is 13.1. The Balaban J connectivity index is 0.000000149. The molecule has 13 nitrogen and oxygen atoms in total. The molecule has 89 heavy (non-hydrogen) atoms. The average molecular weight is 1270 g/mol. The van der Waals surface area contributed by atoms with Gasteiger partial charge in [0.25, 0.3) is 0 Å². The number of alkyl halides is 6. The number of fused-ring (bicyclic) bond motifs is 2. The first kappa shape index (κ1) is 66.9. The molecule has 4 aliphatic rings. The number of piperidine rings is 2. The highest BCUT2D eigenvalue weighted by molar-refractivity contribution is 7.67. The summed E-state index contributed by atoms with van der Waals surface area (Å²) >= 11 is 5.99. The Morgan fingerprint density at radius 1 is 0.584 bits per heavy atom. The Labute approximate surface area is 526 Å². The number of hydrogen-bond acceptors (Lipinski definition) is 11. The van der Waals surface area contributed by atoms with Crippen LogP contribution in [-0.2, 0) is 0 Å². The minimum atomic E-state index is -4.74. The van der Waals surface area contributed by atoms with Crippen molar-refractivity contribution in [3.8, 4) is 45.1 Å². The third kappa shape index (κ3) is 18.6. The molecule has 2 aliphatic heterocycles. The first-order valence-corrected chi connectivity index (χ1v) is 33.1. The van der Waals surface area contributed by atoms with Crippen LogP contribution in [-0.4, -0.2) is 130 Å². The van der Waals surface area contributed by atoms with Crippen molar-refractivity contribution < 1.29 is 35.8 Å². The fourth-order valence-corrected chi connectivity index (χ4v) is 16.6. The van der Waals surface area contributed by atoms with E-state index in [9.17, 15) is 26.3 Å². The minimum Gasteiger partial charge on any atom is -0.406 e. The van der Waals surface area contributed by atoms with Gasteiger partial charge in [0.05, 0.1) is 23.8 Å². The van der Waals surface area contributed by atoms with Crippen LogP contribution in [0.5, 0.6) is 11.5 Å². The zero-order valence-electron chi connectivity index (χ0n) is 52.0. The van der Waals surface area contributed by atoms with E-state index in [0.717, 1.165) is 73.2 Å². The van der Waals surface area contributed by atoms with Gasteiger partial charge in [-0.1, -0.05) is 125 Å². The van der Waals surface area contributed by atoms with Crippen LogP contribution in [0.1, 0.15) is 101 Å². The summed E-state index contributed by atoms with van der Waals surface area (Å²) in [6, 6.07) is 33.5. The average Bonchev–Trinajstić information content (AvgIpc) is 2.35. The lowest BCUT2D eigenvalue weighted by molar-refractivity contribution is -0.275. The Hall–Kier alpha value is -6.50. The molecule has 4 aromatic carbocycles. The Bertz CT molecular complexity index is 3520. The van der Waals surface area contributed by atoms with E-state index in [1.807, 2.05) is 13.0 Å². The summed E-state index contributed by atoms with van der Waals surface area (Å²) in [5, 5.41) is 14.3. The second-order valence-corrected chi connectivity index (χ2v) is 27.4. The molecule has 3 N–H and O–H groups in total. The van der Waals surface area contributed by atoms with Crippen LogP contribution in [0.15, 0.2) is 122 Å². The number of hydrogen-bond donors (Lipinski definition) is 2. The van der Waals surface area contributed by atoms with Crippen LogP contribution >= 0.6 is 19.5 Å². The lowest BCUT2D eigenvalue weighted by atomic mass is 9.97. The zero-order valence-corrected chi connectivity index (χ0v) is 53.7. The molecule has 6 heterocycles. The van der Waals surface area contributed by atoms with Crippen LogP contribution < -0.4 is 30.7 Å². The molecule has 21 heteroatoms. The van der Waals surface area contributed by atoms with Gasteiger partial charge in [-0.05, 0) is 200 Å². The SMILES string of the molecule is CN(C)c1ccccc1-c1ccccc1P(C1CCCCC1)C1CCCCC1.CN1CCC(CN)CC1.Cc1cc2ncc(-c3cccc(OC(F)(F)F)c3)n2nc1Cl.Cc1cc2ncc(-c3cccc(OC(F)(F)F)c3)n2nc1NCC1CCN(C)CC1. The van der Waals surface area contributed by atoms with Crippen molar-refractivity contribution in [1.29, 1.82) is 0 Å². The monoisotopic (exact) mass is 1270 g/mol. The number of ether oxygens (including phenoxy) is 2. The molecule has 2 aliphatic carbocycles. The van der Waals surface area contributed by atoms with Crippen LogP contribution in [0.3, 0.4) is 0 Å². The summed E-state index contributed by atoms with van der Waals surface area (Å²) in [6.45, 7) is 10.2. The molecule has 0 atom stereocenters. The van der Waals surface area contributed by atoms with Crippen molar-refractivity contribution in [3.63, 3.8) is 0 Å². The quantitative estimate of drug-likeness (QED) is 0.0846. The molecular weight excluding hydrogens is 1180 g/mol. The lowest BCUT2D eigenvalue weighted by Crippen LogP contribution is -2.33. The highest BCUT2D eigenvalue weighted by atomic mass is 35.5. The topological polar surface area (TPSA) is 127 Å². The number of nitrogens with two attached hydrogens (primary N) is 1. The number of nitrogens with zero attached hydrogens (tertiary/aromatic N) is 9. The summed E-state index contributed by atoms with van der Waals surface area (Å²) in [7, 11) is 8.57. The highest BCUT2D eigenvalue weighted by Gasteiger charge is 2.35. The second-order valence-electron chi connectivity index (χ2n) is 24.3. The molecule has 0 spiro atoms. The van der Waals surface area contributed by atoms with Gasteiger partial charge < -0.3 is 35.2 Å². The predicted octanol–water partition coefficient (Wildman–Crippen LogP) is 16.1. The van der Waals surface area contributed by atoms with Gasteiger partial charge in [0.15, 0.2) is 16.4 Å². The number of anilines is 2. The van der Waals surface area contributed by atoms with Gasteiger partial charge in [0, 0.05) is 43.0 Å². The van der Waals surface area contributed by atoms with E-state index in [-0.39, 0.29) is 19.4 Å². The third-order valence-corrected chi connectivity index (χ3v) is 21.3. The van der Waals surface area contributed by atoms with Crippen molar-refractivity contribution in [2.24, 2.45) is 17.6 Å². The summed E-state index contributed by atoms with van der Waals surface area (Å²) < 4.78 is 85.7. The molecule has 8 aromatic rings. The number of aryl methyl sites for hydroxylation is 2. The van der Waals surface area contributed by atoms with Crippen LogP contribution in [0.4, 0.5) is 37.8 Å². The third-order valence-electron chi connectivity index (χ3n) is 17.4. The normalized spacial score (nSPS) is 16.9. The maximum Gasteiger partial charge on any atom is 0.573 e. The van der Waals surface area contributed by atoms with E-state index in [4.69, 9.17) is 17.3 Å². The molecule has 0 unspecified atom stereocenters. The standard InChI is InChI=1S/C26H36NP.C21H24F3N5O.C14H9ClF3N3O.C7H16N2/c1-27(2)25-19-11-9-17-23(25)24-18-10-12-20-26(24)28(21-13-5-3-6-14-21)22-15-7-4-8-16-22;1-14-10-19-25-13-18(16-4-3-5-17(11-16)30-21(22,23)24)29(19)27-20(14)26-12-15-6-8-28(2)9-7-15;1-8-5-12-19-7-11(21(12)20-13(8)15)9-3-2-4-10(6-9)22-14(16,17)18;1-9-4-2-7(6-8)3-5-9/h9-12,17-22H,3-8,13-16H2,1-2H3;3-5,10-11,13,15H,6-9,12H2,1-2H3,(H,26,27);2-7H,1H3;7H,2-6,8H2,1H3. The largest absolute Gasteiger partial charge is 0.573 e. The minimum absolute atomic E-state index is 0.0867. The first-order valence-electron chi connectivity index (χ1n) is 31.2. The van der Waals surface area contributed by atoms with Gasteiger partial charge in [0.1, 0.15) is 17.3 Å². The second kappa shape index (κ2) is 31.0. The van der Waals surface area contributed by atoms with E-state index in [1.54, 1.807) is 41.1 Å².